The Morgan fingerprint density at radius 3 is 2.82 bits per heavy atom. The summed E-state index contributed by atoms with van der Waals surface area (Å²) in [7, 11) is 1.69. The minimum absolute atomic E-state index is 0.904. The molecule has 0 saturated carbocycles. The predicted molar refractivity (Wildman–Crippen MR) is 72.2 cm³/mol. The van der Waals surface area contributed by atoms with Crippen molar-refractivity contribution in [2.45, 2.75) is 12.8 Å². The van der Waals surface area contributed by atoms with Gasteiger partial charge in [0.15, 0.2) is 0 Å². The van der Waals surface area contributed by atoms with E-state index >= 15 is 0 Å². The number of ether oxygens (including phenoxy) is 1. The van der Waals surface area contributed by atoms with Gasteiger partial charge in [0, 0.05) is 0 Å². The Balaban J connectivity index is 1.99. The highest BCUT2D eigenvalue weighted by Crippen LogP contribution is 2.14. The van der Waals surface area contributed by atoms with Crippen LogP contribution in [0.1, 0.15) is 18.4 Å². The van der Waals surface area contributed by atoms with E-state index in [-0.39, 0.29) is 0 Å². The van der Waals surface area contributed by atoms with Crippen molar-refractivity contribution in [2.75, 3.05) is 20.2 Å². The van der Waals surface area contributed by atoms with Crippen LogP contribution in [0.3, 0.4) is 0 Å². The maximum Gasteiger partial charge on any atom is 0.119 e. The fraction of sp³-hybridized carbons (Fsp3) is 0.333. The molecule has 17 heavy (non-hydrogen) atoms. The number of hydrogen-bond acceptors (Lipinski definition) is 2. The highest BCUT2D eigenvalue weighted by molar-refractivity contribution is 5.53. The Labute approximate surface area is 103 Å². The van der Waals surface area contributed by atoms with Crippen LogP contribution in [0.25, 0.3) is 6.08 Å². The van der Waals surface area contributed by atoms with Gasteiger partial charge in [-0.15, -0.1) is 0 Å². The molecular formula is C15H19NO. The van der Waals surface area contributed by atoms with Gasteiger partial charge in [-0.3, -0.25) is 0 Å². The first-order valence-corrected chi connectivity index (χ1v) is 6.09. The molecule has 2 rings (SSSR count). The van der Waals surface area contributed by atoms with Gasteiger partial charge >= 0.3 is 0 Å². The number of piperidine rings is 1. The minimum Gasteiger partial charge on any atom is -0.497 e. The Hall–Kier alpha value is -1.54. The molecule has 1 fully saturated rings. The standard InChI is InChI=1S/C15H19NO/c1-17-15-7-3-6-14(12-15)5-2-4-13-8-10-16-11-9-13/h2-7,12,16H,8-11H2,1H3. The second-order valence-electron chi connectivity index (χ2n) is 4.21. The zero-order chi connectivity index (χ0) is 11.9. The van der Waals surface area contributed by atoms with Gasteiger partial charge < -0.3 is 10.1 Å². The van der Waals surface area contributed by atoms with Crippen LogP contribution in [0.4, 0.5) is 0 Å². The molecule has 0 atom stereocenters. The smallest absolute Gasteiger partial charge is 0.119 e. The van der Waals surface area contributed by atoms with E-state index in [1.165, 1.54) is 24.0 Å². The third-order valence-electron chi connectivity index (χ3n) is 2.96. The summed E-state index contributed by atoms with van der Waals surface area (Å²) in [4.78, 5) is 0. The Kier molecular flexibility index (Phi) is 4.39. The Bertz CT molecular complexity index is 413. The largest absolute Gasteiger partial charge is 0.497 e. The lowest BCUT2D eigenvalue weighted by atomic mass is 10.1. The monoisotopic (exact) mass is 229 g/mol. The highest BCUT2D eigenvalue weighted by Gasteiger charge is 2.01. The van der Waals surface area contributed by atoms with Crippen molar-refractivity contribution in [3.8, 4) is 5.75 Å². The molecule has 1 N–H and O–H groups in total. The fourth-order valence-electron chi connectivity index (χ4n) is 1.96. The molecule has 0 aromatic heterocycles. The van der Waals surface area contributed by atoms with Gasteiger partial charge in [0.2, 0.25) is 0 Å². The average molecular weight is 229 g/mol. The van der Waals surface area contributed by atoms with Crippen LogP contribution in [0, 0.1) is 0 Å². The van der Waals surface area contributed by atoms with Crippen LogP contribution in [0.5, 0.6) is 5.75 Å². The summed E-state index contributed by atoms with van der Waals surface area (Å²) in [6.45, 7) is 2.22. The van der Waals surface area contributed by atoms with Gasteiger partial charge in [-0.2, -0.15) is 0 Å². The second kappa shape index (κ2) is 6.26. The molecule has 1 aliphatic rings. The van der Waals surface area contributed by atoms with Crippen LogP contribution in [0.2, 0.25) is 0 Å². The van der Waals surface area contributed by atoms with Crippen molar-refractivity contribution in [3.63, 3.8) is 0 Å². The molecule has 1 heterocycles. The molecule has 1 aromatic carbocycles. The first kappa shape index (κ1) is 11.9. The molecule has 90 valence electrons. The molecule has 1 saturated heterocycles. The fourth-order valence-corrected chi connectivity index (χ4v) is 1.96. The summed E-state index contributed by atoms with van der Waals surface area (Å²) < 4.78 is 5.19. The molecule has 0 unspecified atom stereocenters. The van der Waals surface area contributed by atoms with Crippen LogP contribution >= 0.6 is 0 Å². The lowest BCUT2D eigenvalue weighted by Gasteiger charge is -2.14. The van der Waals surface area contributed by atoms with E-state index in [2.05, 4.69) is 29.6 Å². The molecule has 1 aromatic rings. The van der Waals surface area contributed by atoms with Crippen molar-refractivity contribution < 1.29 is 4.74 Å². The molecule has 2 heteroatoms. The lowest BCUT2D eigenvalue weighted by molar-refractivity contribution is 0.414. The van der Waals surface area contributed by atoms with E-state index in [1.54, 1.807) is 7.11 Å². The summed E-state index contributed by atoms with van der Waals surface area (Å²) in [5.41, 5.74) is 2.71. The van der Waals surface area contributed by atoms with E-state index in [0.29, 0.717) is 0 Å². The van der Waals surface area contributed by atoms with E-state index in [0.717, 1.165) is 18.8 Å². The summed E-state index contributed by atoms with van der Waals surface area (Å²) >= 11 is 0. The predicted octanol–water partition coefficient (Wildman–Crippen LogP) is 3.02. The van der Waals surface area contributed by atoms with Gasteiger partial charge in [-0.1, -0.05) is 35.9 Å². The van der Waals surface area contributed by atoms with Gasteiger partial charge in [0.05, 0.1) is 7.11 Å². The van der Waals surface area contributed by atoms with Crippen LogP contribution < -0.4 is 10.1 Å². The summed E-state index contributed by atoms with van der Waals surface area (Å²) in [6.07, 6.45) is 8.83. The maximum absolute atomic E-state index is 5.19. The molecule has 0 bridgehead atoms. The van der Waals surface area contributed by atoms with Crippen molar-refractivity contribution in [3.05, 3.63) is 47.6 Å². The molecule has 1 aliphatic heterocycles. The normalized spacial score (nSPS) is 16.2. The topological polar surface area (TPSA) is 21.3 Å². The summed E-state index contributed by atoms with van der Waals surface area (Å²) in [5, 5.41) is 3.36. The van der Waals surface area contributed by atoms with Crippen LogP contribution in [0.15, 0.2) is 42.0 Å². The molecule has 0 radical (unpaired) electrons. The number of rotatable bonds is 3. The Morgan fingerprint density at radius 1 is 1.24 bits per heavy atom. The highest BCUT2D eigenvalue weighted by atomic mass is 16.5. The van der Waals surface area contributed by atoms with Gasteiger partial charge in [0.1, 0.15) is 5.75 Å². The summed E-state index contributed by atoms with van der Waals surface area (Å²) in [6, 6.07) is 8.09. The van der Waals surface area contributed by atoms with E-state index < -0.39 is 0 Å². The number of allylic oxidation sites excluding steroid dienone is 2. The third-order valence-corrected chi connectivity index (χ3v) is 2.96. The first-order valence-electron chi connectivity index (χ1n) is 6.09. The van der Waals surface area contributed by atoms with Crippen LogP contribution in [-0.2, 0) is 0 Å². The van der Waals surface area contributed by atoms with Gasteiger partial charge in [-0.25, -0.2) is 0 Å². The quantitative estimate of drug-likeness (QED) is 0.860. The number of benzene rings is 1. The molecule has 0 amide bonds. The van der Waals surface area contributed by atoms with E-state index in [4.69, 9.17) is 4.74 Å². The number of methoxy groups -OCH3 is 1. The lowest BCUT2D eigenvalue weighted by Crippen LogP contribution is -2.22. The van der Waals surface area contributed by atoms with Gasteiger partial charge in [0.25, 0.3) is 0 Å². The van der Waals surface area contributed by atoms with Crippen molar-refractivity contribution in [1.29, 1.82) is 0 Å². The first-order chi connectivity index (χ1) is 8.38. The molecule has 0 aliphatic carbocycles. The maximum atomic E-state index is 5.19. The minimum atomic E-state index is 0.904. The summed E-state index contributed by atoms with van der Waals surface area (Å²) in [5.74, 6) is 0.904. The number of nitrogens with one attached hydrogen (secondary N) is 1. The SMILES string of the molecule is COc1cccc(C=CC=C2CCNCC2)c1. The van der Waals surface area contributed by atoms with E-state index in [1.807, 2.05) is 18.2 Å². The van der Waals surface area contributed by atoms with Crippen molar-refractivity contribution in [2.24, 2.45) is 0 Å². The van der Waals surface area contributed by atoms with Crippen molar-refractivity contribution >= 4 is 6.08 Å². The second-order valence-corrected chi connectivity index (χ2v) is 4.21. The molecule has 0 spiro atoms. The Morgan fingerprint density at radius 2 is 2.06 bits per heavy atom. The molecule has 2 nitrogen and oxygen atoms in total. The van der Waals surface area contributed by atoms with E-state index in [9.17, 15) is 0 Å². The van der Waals surface area contributed by atoms with Gasteiger partial charge in [-0.05, 0) is 43.6 Å². The van der Waals surface area contributed by atoms with Crippen LogP contribution in [-0.4, -0.2) is 20.2 Å². The average Bonchev–Trinajstić information content (AvgIpc) is 2.40. The third kappa shape index (κ3) is 3.75. The zero-order valence-electron chi connectivity index (χ0n) is 10.3. The van der Waals surface area contributed by atoms with Crippen molar-refractivity contribution in [1.82, 2.24) is 5.32 Å². The number of hydrogen-bond donors (Lipinski definition) is 1. The zero-order valence-corrected chi connectivity index (χ0v) is 10.3. The molecular weight excluding hydrogens is 210 g/mol.